The third kappa shape index (κ3) is 2.48. The number of fused-ring (bicyclic) bond motifs is 1. The van der Waals surface area contributed by atoms with Crippen LogP contribution in [0, 0.1) is 0 Å². The maximum absolute atomic E-state index is 12.0. The molecule has 0 bridgehead atoms. The van der Waals surface area contributed by atoms with Crippen molar-refractivity contribution in [2.75, 3.05) is 0 Å². The molecule has 0 saturated heterocycles. The molecule has 0 aliphatic carbocycles. The summed E-state index contributed by atoms with van der Waals surface area (Å²) < 4.78 is 0. The molecular formula is C12H13N3O3. The van der Waals surface area contributed by atoms with Gasteiger partial charge in [-0.2, -0.15) is 5.10 Å². The van der Waals surface area contributed by atoms with Crippen molar-refractivity contribution in [2.45, 2.75) is 19.4 Å². The summed E-state index contributed by atoms with van der Waals surface area (Å²) in [4.78, 5) is 22.5. The molecule has 2 aromatic rings. The Kier molecular flexibility index (Phi) is 3.27. The number of amides is 1. The lowest BCUT2D eigenvalue weighted by molar-refractivity contribution is -0.137. The molecule has 1 heterocycles. The molecule has 1 unspecified atom stereocenters. The molecule has 1 atom stereocenters. The van der Waals surface area contributed by atoms with E-state index in [0.29, 0.717) is 11.1 Å². The van der Waals surface area contributed by atoms with E-state index in [1.807, 2.05) is 6.07 Å². The van der Waals surface area contributed by atoms with E-state index < -0.39 is 12.0 Å². The van der Waals surface area contributed by atoms with Gasteiger partial charge in [0.25, 0.3) is 5.91 Å². The van der Waals surface area contributed by atoms with Crippen LogP contribution in [0.1, 0.15) is 23.7 Å². The van der Waals surface area contributed by atoms with Gasteiger partial charge in [0.05, 0.1) is 23.7 Å². The lowest BCUT2D eigenvalue weighted by atomic mass is 10.1. The van der Waals surface area contributed by atoms with E-state index in [0.717, 1.165) is 5.39 Å². The molecule has 3 N–H and O–H groups in total. The van der Waals surface area contributed by atoms with Gasteiger partial charge < -0.3 is 10.4 Å². The number of rotatable bonds is 4. The van der Waals surface area contributed by atoms with Crippen LogP contribution in [0.3, 0.4) is 0 Å². The first kappa shape index (κ1) is 12.1. The van der Waals surface area contributed by atoms with Gasteiger partial charge in [0.1, 0.15) is 0 Å². The van der Waals surface area contributed by atoms with Crippen LogP contribution in [0.2, 0.25) is 0 Å². The van der Waals surface area contributed by atoms with Gasteiger partial charge in [0, 0.05) is 11.4 Å². The van der Waals surface area contributed by atoms with Gasteiger partial charge in [-0.05, 0) is 13.0 Å². The molecule has 1 amide bonds. The summed E-state index contributed by atoms with van der Waals surface area (Å²) in [6.45, 7) is 1.65. The van der Waals surface area contributed by atoms with Gasteiger partial charge in [-0.3, -0.25) is 14.7 Å². The van der Waals surface area contributed by atoms with Crippen LogP contribution >= 0.6 is 0 Å². The van der Waals surface area contributed by atoms with E-state index in [2.05, 4.69) is 15.5 Å². The Hall–Kier alpha value is -2.37. The molecule has 1 aromatic carbocycles. The second-order valence-corrected chi connectivity index (χ2v) is 4.11. The normalized spacial score (nSPS) is 12.3. The van der Waals surface area contributed by atoms with Crippen LogP contribution in [0.15, 0.2) is 24.4 Å². The van der Waals surface area contributed by atoms with Gasteiger partial charge in [-0.1, -0.05) is 12.1 Å². The lowest BCUT2D eigenvalue weighted by Crippen LogP contribution is -2.34. The highest BCUT2D eigenvalue weighted by Crippen LogP contribution is 2.15. The minimum absolute atomic E-state index is 0.106. The number of hydrogen-bond acceptors (Lipinski definition) is 3. The number of nitrogens with one attached hydrogen (secondary N) is 2. The van der Waals surface area contributed by atoms with Crippen molar-refractivity contribution in [1.29, 1.82) is 0 Å². The molecule has 94 valence electrons. The summed E-state index contributed by atoms with van der Waals surface area (Å²) in [5.41, 5.74) is 1.11. The van der Waals surface area contributed by atoms with Crippen LogP contribution in [-0.4, -0.2) is 33.2 Å². The van der Waals surface area contributed by atoms with E-state index in [1.54, 1.807) is 25.3 Å². The average molecular weight is 247 g/mol. The summed E-state index contributed by atoms with van der Waals surface area (Å²) in [5.74, 6) is -1.25. The summed E-state index contributed by atoms with van der Waals surface area (Å²) in [6.07, 6.45) is 1.53. The number of carboxylic acids is 1. The number of aliphatic carboxylic acids is 1. The Morgan fingerprint density at radius 3 is 3.00 bits per heavy atom. The highest BCUT2D eigenvalue weighted by molar-refractivity contribution is 6.05. The first-order chi connectivity index (χ1) is 8.58. The Morgan fingerprint density at radius 1 is 1.50 bits per heavy atom. The standard InChI is InChI=1S/C12H13N3O3/c1-7(5-10(16)17)14-12(18)9-4-2-3-8-6-13-15-11(8)9/h2-4,6-7H,5H2,1H3,(H,13,15)(H,14,18)(H,16,17). The smallest absolute Gasteiger partial charge is 0.305 e. The van der Waals surface area contributed by atoms with E-state index in [1.165, 1.54) is 0 Å². The maximum Gasteiger partial charge on any atom is 0.305 e. The van der Waals surface area contributed by atoms with Crippen molar-refractivity contribution in [2.24, 2.45) is 0 Å². The summed E-state index contributed by atoms with van der Waals surface area (Å²) in [7, 11) is 0. The minimum Gasteiger partial charge on any atom is -0.481 e. The number of para-hydroxylation sites is 1. The van der Waals surface area contributed by atoms with E-state index in [-0.39, 0.29) is 12.3 Å². The quantitative estimate of drug-likeness (QED) is 0.755. The van der Waals surface area contributed by atoms with Gasteiger partial charge in [-0.25, -0.2) is 0 Å². The number of H-pyrrole nitrogens is 1. The topological polar surface area (TPSA) is 95.1 Å². The van der Waals surface area contributed by atoms with Crippen LogP contribution in [0.25, 0.3) is 10.9 Å². The number of aromatic amines is 1. The van der Waals surface area contributed by atoms with Crippen molar-refractivity contribution in [1.82, 2.24) is 15.5 Å². The first-order valence-corrected chi connectivity index (χ1v) is 5.52. The number of carboxylic acid groups (broad SMARTS) is 1. The van der Waals surface area contributed by atoms with Crippen LogP contribution in [0.5, 0.6) is 0 Å². The summed E-state index contributed by atoms with van der Waals surface area (Å²) in [6, 6.07) is 4.85. The molecule has 0 fully saturated rings. The highest BCUT2D eigenvalue weighted by atomic mass is 16.4. The Bertz CT molecular complexity index is 591. The van der Waals surface area contributed by atoms with E-state index in [9.17, 15) is 9.59 Å². The van der Waals surface area contributed by atoms with Crippen LogP contribution < -0.4 is 5.32 Å². The zero-order chi connectivity index (χ0) is 13.1. The van der Waals surface area contributed by atoms with E-state index >= 15 is 0 Å². The predicted octanol–water partition coefficient (Wildman–Crippen LogP) is 1.16. The first-order valence-electron chi connectivity index (χ1n) is 5.52. The zero-order valence-corrected chi connectivity index (χ0v) is 9.80. The van der Waals surface area contributed by atoms with Crippen molar-refractivity contribution in [3.63, 3.8) is 0 Å². The molecule has 1 aromatic heterocycles. The fourth-order valence-electron chi connectivity index (χ4n) is 1.77. The molecule has 0 aliphatic heterocycles. The fraction of sp³-hybridized carbons (Fsp3) is 0.250. The van der Waals surface area contributed by atoms with Gasteiger partial charge in [-0.15, -0.1) is 0 Å². The lowest BCUT2D eigenvalue weighted by Gasteiger charge is -2.11. The zero-order valence-electron chi connectivity index (χ0n) is 9.80. The van der Waals surface area contributed by atoms with E-state index in [4.69, 9.17) is 5.11 Å². The number of carbonyl (C=O) groups excluding carboxylic acids is 1. The van der Waals surface area contributed by atoms with Crippen LogP contribution in [-0.2, 0) is 4.79 Å². The second kappa shape index (κ2) is 4.87. The van der Waals surface area contributed by atoms with Gasteiger partial charge >= 0.3 is 5.97 Å². The SMILES string of the molecule is CC(CC(=O)O)NC(=O)c1cccc2cn[nH]c12. The number of hydrogen-bond donors (Lipinski definition) is 3. The fourth-order valence-corrected chi connectivity index (χ4v) is 1.77. The van der Waals surface area contributed by atoms with Crippen molar-refractivity contribution in [3.05, 3.63) is 30.0 Å². The Balaban J connectivity index is 2.18. The number of nitrogens with zero attached hydrogens (tertiary/aromatic N) is 1. The molecule has 0 saturated carbocycles. The number of benzene rings is 1. The second-order valence-electron chi connectivity index (χ2n) is 4.11. The maximum atomic E-state index is 12.0. The molecule has 6 heteroatoms. The average Bonchev–Trinajstić information content (AvgIpc) is 2.74. The minimum atomic E-state index is -0.942. The Morgan fingerprint density at radius 2 is 2.28 bits per heavy atom. The molecule has 18 heavy (non-hydrogen) atoms. The van der Waals surface area contributed by atoms with Gasteiger partial charge in [0.2, 0.25) is 0 Å². The number of carbonyl (C=O) groups is 2. The molecule has 6 nitrogen and oxygen atoms in total. The molecule has 0 radical (unpaired) electrons. The third-order valence-corrected chi connectivity index (χ3v) is 2.58. The molecular weight excluding hydrogens is 234 g/mol. The number of aromatic nitrogens is 2. The van der Waals surface area contributed by atoms with Crippen molar-refractivity contribution < 1.29 is 14.7 Å². The third-order valence-electron chi connectivity index (χ3n) is 2.58. The molecule has 2 rings (SSSR count). The Labute approximate surface area is 103 Å². The predicted molar refractivity (Wildman–Crippen MR) is 65.3 cm³/mol. The monoisotopic (exact) mass is 247 g/mol. The summed E-state index contributed by atoms with van der Waals surface area (Å²) in [5, 5.41) is 18.8. The summed E-state index contributed by atoms with van der Waals surface area (Å²) >= 11 is 0. The van der Waals surface area contributed by atoms with Gasteiger partial charge in [0.15, 0.2) is 0 Å². The molecule has 0 aliphatic rings. The van der Waals surface area contributed by atoms with Crippen molar-refractivity contribution in [3.8, 4) is 0 Å². The largest absolute Gasteiger partial charge is 0.481 e. The highest BCUT2D eigenvalue weighted by Gasteiger charge is 2.15. The van der Waals surface area contributed by atoms with Crippen LogP contribution in [0.4, 0.5) is 0 Å². The van der Waals surface area contributed by atoms with Crippen molar-refractivity contribution >= 4 is 22.8 Å². The molecule has 0 spiro atoms.